The average Bonchev–Trinajstić information content (AvgIpc) is 1.94. The van der Waals surface area contributed by atoms with Crippen molar-refractivity contribution in [2.24, 2.45) is 5.73 Å². The Labute approximate surface area is 74.4 Å². The van der Waals surface area contributed by atoms with Gasteiger partial charge < -0.3 is 10.3 Å². The van der Waals surface area contributed by atoms with Crippen molar-refractivity contribution >= 4 is 18.5 Å². The van der Waals surface area contributed by atoms with Crippen molar-refractivity contribution in [3.8, 4) is 0 Å². The summed E-state index contributed by atoms with van der Waals surface area (Å²) in [5.74, 6) is -0.538. The van der Waals surface area contributed by atoms with E-state index >= 15 is 0 Å². The van der Waals surface area contributed by atoms with Crippen LogP contribution in [0.1, 0.15) is 0 Å². The number of hydrogen-bond donors (Lipinski definition) is 2. The molecule has 1 heterocycles. The van der Waals surface area contributed by atoms with Gasteiger partial charge in [-0.3, -0.25) is 9.59 Å². The molecule has 0 aliphatic carbocycles. The monoisotopic (exact) mass is 184 g/mol. The van der Waals surface area contributed by atoms with Gasteiger partial charge in [-0.2, -0.15) is 0 Å². The fourth-order valence-electron chi connectivity index (χ4n) is 0.796. The second kappa shape index (κ2) is 3.44. The molecule has 0 bridgehead atoms. The van der Waals surface area contributed by atoms with E-state index in [1.807, 2.05) is 0 Å². The first-order chi connectivity index (χ1) is 5.59. The highest BCUT2D eigenvalue weighted by atomic mass is 32.1. The number of aromatic nitrogens is 1. The van der Waals surface area contributed by atoms with Gasteiger partial charge in [-0.15, -0.1) is 12.6 Å². The van der Waals surface area contributed by atoms with Crippen molar-refractivity contribution in [3.63, 3.8) is 0 Å². The zero-order valence-corrected chi connectivity index (χ0v) is 7.12. The Morgan fingerprint density at radius 2 is 2.33 bits per heavy atom. The number of carbonyl (C=O) groups excluding carboxylic acids is 1. The molecule has 0 saturated carbocycles. The Bertz CT molecular complexity index is 359. The minimum Gasteiger partial charge on any atom is -0.368 e. The van der Waals surface area contributed by atoms with E-state index in [4.69, 9.17) is 5.73 Å². The number of rotatable bonds is 2. The van der Waals surface area contributed by atoms with Gasteiger partial charge in [0.25, 0.3) is 5.56 Å². The summed E-state index contributed by atoms with van der Waals surface area (Å²) in [6.45, 7) is -0.0904. The van der Waals surface area contributed by atoms with E-state index in [-0.39, 0.29) is 12.1 Å². The summed E-state index contributed by atoms with van der Waals surface area (Å²) >= 11 is 3.96. The number of pyridine rings is 1. The molecule has 0 aromatic carbocycles. The molecule has 0 saturated heterocycles. The number of nitrogens with two attached hydrogens (primary N) is 1. The van der Waals surface area contributed by atoms with Gasteiger partial charge in [0.15, 0.2) is 0 Å². The van der Waals surface area contributed by atoms with Crippen LogP contribution in [0.3, 0.4) is 0 Å². The summed E-state index contributed by atoms with van der Waals surface area (Å²) in [5.41, 5.74) is 4.64. The van der Waals surface area contributed by atoms with Gasteiger partial charge in [0.05, 0.1) is 0 Å². The molecule has 0 fully saturated rings. The van der Waals surface area contributed by atoms with Gasteiger partial charge >= 0.3 is 0 Å². The van der Waals surface area contributed by atoms with E-state index in [0.717, 1.165) is 0 Å². The van der Waals surface area contributed by atoms with Gasteiger partial charge in [-0.05, 0) is 6.07 Å². The Kier molecular flexibility index (Phi) is 2.54. The van der Waals surface area contributed by atoms with Crippen LogP contribution in [0.2, 0.25) is 0 Å². The normalized spacial score (nSPS) is 9.75. The molecule has 0 aliphatic rings. The fraction of sp³-hybridized carbons (Fsp3) is 0.143. The molecular formula is C7H8N2O2S. The molecule has 2 N–H and O–H groups in total. The average molecular weight is 184 g/mol. The second-order valence-electron chi connectivity index (χ2n) is 2.32. The minimum atomic E-state index is -0.538. The molecule has 5 heteroatoms. The molecule has 0 unspecified atom stereocenters. The topological polar surface area (TPSA) is 65.1 Å². The molecule has 1 amide bonds. The number of carbonyl (C=O) groups is 1. The Hall–Kier alpha value is -1.23. The number of amides is 1. The maximum atomic E-state index is 11.1. The second-order valence-corrected chi connectivity index (χ2v) is 2.83. The van der Waals surface area contributed by atoms with Crippen LogP contribution in [0.15, 0.2) is 28.0 Å². The minimum absolute atomic E-state index is 0.0904. The number of nitrogens with zero attached hydrogens (tertiary/aromatic N) is 1. The summed E-state index contributed by atoms with van der Waals surface area (Å²) in [4.78, 5) is 22.1. The first kappa shape index (κ1) is 8.86. The van der Waals surface area contributed by atoms with E-state index in [9.17, 15) is 9.59 Å². The van der Waals surface area contributed by atoms with Crippen LogP contribution >= 0.6 is 12.6 Å². The molecule has 4 nitrogen and oxygen atoms in total. The van der Waals surface area contributed by atoms with Crippen LogP contribution in [0.4, 0.5) is 0 Å². The van der Waals surface area contributed by atoms with Gasteiger partial charge in [-0.1, -0.05) is 0 Å². The summed E-state index contributed by atoms with van der Waals surface area (Å²) in [5, 5.41) is 0. The van der Waals surface area contributed by atoms with E-state index < -0.39 is 5.91 Å². The van der Waals surface area contributed by atoms with Gasteiger partial charge in [0, 0.05) is 17.2 Å². The van der Waals surface area contributed by atoms with Crippen LogP contribution in [0, 0.1) is 0 Å². The molecule has 1 aromatic heterocycles. The van der Waals surface area contributed by atoms with Crippen LogP contribution < -0.4 is 11.3 Å². The van der Waals surface area contributed by atoms with Crippen LogP contribution in [0.5, 0.6) is 0 Å². The van der Waals surface area contributed by atoms with Crippen LogP contribution in [0.25, 0.3) is 0 Å². The first-order valence-electron chi connectivity index (χ1n) is 3.27. The predicted molar refractivity (Wildman–Crippen MR) is 47.1 cm³/mol. The van der Waals surface area contributed by atoms with Gasteiger partial charge in [0.1, 0.15) is 6.54 Å². The predicted octanol–water partition coefficient (Wildman–Crippen LogP) is -0.378. The molecule has 1 aromatic rings. The molecule has 0 spiro atoms. The molecule has 12 heavy (non-hydrogen) atoms. The Morgan fingerprint density at radius 1 is 1.67 bits per heavy atom. The quantitative estimate of drug-likeness (QED) is 0.615. The lowest BCUT2D eigenvalue weighted by Gasteiger charge is -2.00. The molecule has 0 radical (unpaired) electrons. The third-order valence-electron chi connectivity index (χ3n) is 1.31. The number of primary amides is 1. The molecule has 64 valence electrons. The van der Waals surface area contributed by atoms with Crippen molar-refractivity contribution in [1.29, 1.82) is 0 Å². The highest BCUT2D eigenvalue weighted by Gasteiger charge is 1.98. The van der Waals surface area contributed by atoms with Crippen molar-refractivity contribution in [3.05, 3.63) is 28.7 Å². The van der Waals surface area contributed by atoms with E-state index in [2.05, 4.69) is 12.6 Å². The van der Waals surface area contributed by atoms with Gasteiger partial charge in [-0.25, -0.2) is 0 Å². The maximum absolute atomic E-state index is 11.1. The lowest BCUT2D eigenvalue weighted by molar-refractivity contribution is -0.118. The molecule has 1 rings (SSSR count). The smallest absolute Gasteiger partial charge is 0.252 e. The van der Waals surface area contributed by atoms with Crippen molar-refractivity contribution in [2.75, 3.05) is 0 Å². The molecular weight excluding hydrogens is 176 g/mol. The standard InChI is InChI=1S/C7H8N2O2S/c8-6(10)4-9-2-1-5(12)3-7(9)11/h1-3,12H,4H2,(H2,8,10). The zero-order chi connectivity index (χ0) is 9.14. The summed E-state index contributed by atoms with van der Waals surface area (Å²) in [7, 11) is 0. The zero-order valence-electron chi connectivity index (χ0n) is 6.23. The Balaban J connectivity index is 3.02. The van der Waals surface area contributed by atoms with E-state index in [0.29, 0.717) is 4.90 Å². The highest BCUT2D eigenvalue weighted by Crippen LogP contribution is 1.98. The fourth-order valence-corrected chi connectivity index (χ4v) is 0.973. The summed E-state index contributed by atoms with van der Waals surface area (Å²) in [6, 6.07) is 2.94. The third kappa shape index (κ3) is 2.13. The largest absolute Gasteiger partial charge is 0.368 e. The third-order valence-corrected chi connectivity index (χ3v) is 1.58. The summed E-state index contributed by atoms with van der Waals surface area (Å²) in [6.07, 6.45) is 1.48. The SMILES string of the molecule is NC(=O)Cn1ccc(S)cc1=O. The van der Waals surface area contributed by atoms with Crippen molar-refractivity contribution < 1.29 is 4.79 Å². The lowest BCUT2D eigenvalue weighted by Crippen LogP contribution is -2.26. The maximum Gasteiger partial charge on any atom is 0.252 e. The number of thiol groups is 1. The lowest BCUT2D eigenvalue weighted by atomic mass is 10.4. The van der Waals surface area contributed by atoms with Crippen molar-refractivity contribution in [1.82, 2.24) is 4.57 Å². The van der Waals surface area contributed by atoms with Gasteiger partial charge in [0.2, 0.25) is 5.91 Å². The van der Waals surface area contributed by atoms with Crippen LogP contribution in [-0.4, -0.2) is 10.5 Å². The molecule has 0 aliphatic heterocycles. The highest BCUT2D eigenvalue weighted by molar-refractivity contribution is 7.80. The Morgan fingerprint density at radius 3 is 2.83 bits per heavy atom. The van der Waals surface area contributed by atoms with Crippen LogP contribution in [-0.2, 0) is 11.3 Å². The first-order valence-corrected chi connectivity index (χ1v) is 3.72. The molecule has 0 atom stereocenters. The number of hydrogen-bond acceptors (Lipinski definition) is 3. The van der Waals surface area contributed by atoms with Crippen molar-refractivity contribution in [2.45, 2.75) is 11.4 Å². The summed E-state index contributed by atoms with van der Waals surface area (Å²) < 4.78 is 1.22. The van der Waals surface area contributed by atoms with E-state index in [1.165, 1.54) is 16.8 Å². The van der Waals surface area contributed by atoms with E-state index in [1.54, 1.807) is 6.07 Å².